The SMILES string of the molecule is O=C1C(Br)=C(Br)C(=O)c2cc(F)ccc21. The molecule has 5 heteroatoms. The zero-order chi connectivity index (χ0) is 11.2. The number of allylic oxidation sites excluding steroid dienone is 2. The van der Waals surface area contributed by atoms with E-state index in [4.69, 9.17) is 0 Å². The van der Waals surface area contributed by atoms with Crippen LogP contribution in [0.1, 0.15) is 20.7 Å². The second-order valence-electron chi connectivity index (χ2n) is 2.98. The Hall–Kier alpha value is -0.810. The average molecular weight is 334 g/mol. The minimum absolute atomic E-state index is 0.0927. The molecule has 0 heterocycles. The first-order valence-electron chi connectivity index (χ1n) is 3.96. The number of Topliss-reactive ketones (excluding diaryl/α,β-unsaturated/α-hetero) is 2. The first kappa shape index (κ1) is 10.7. The first-order chi connectivity index (χ1) is 7.02. The van der Waals surface area contributed by atoms with E-state index in [9.17, 15) is 14.0 Å². The zero-order valence-electron chi connectivity index (χ0n) is 7.18. The minimum Gasteiger partial charge on any atom is -0.288 e. The van der Waals surface area contributed by atoms with Crippen molar-refractivity contribution in [1.82, 2.24) is 0 Å². The molecule has 2 rings (SSSR count). The van der Waals surface area contributed by atoms with Crippen LogP contribution in [0, 0.1) is 5.82 Å². The van der Waals surface area contributed by atoms with Crippen molar-refractivity contribution in [2.45, 2.75) is 0 Å². The summed E-state index contributed by atoms with van der Waals surface area (Å²) in [5.74, 6) is -1.25. The monoisotopic (exact) mass is 332 g/mol. The quantitative estimate of drug-likeness (QED) is 0.730. The van der Waals surface area contributed by atoms with Crippen LogP contribution >= 0.6 is 31.9 Å². The van der Waals surface area contributed by atoms with Crippen molar-refractivity contribution in [1.29, 1.82) is 0 Å². The van der Waals surface area contributed by atoms with Crippen LogP contribution in [0.5, 0.6) is 0 Å². The second kappa shape index (κ2) is 3.64. The molecule has 0 aliphatic heterocycles. The molecule has 0 bridgehead atoms. The lowest BCUT2D eigenvalue weighted by Gasteiger charge is -2.13. The van der Waals surface area contributed by atoms with Gasteiger partial charge in [-0.3, -0.25) is 9.59 Å². The van der Waals surface area contributed by atoms with Gasteiger partial charge in [0.05, 0.1) is 8.96 Å². The number of fused-ring (bicyclic) bond motifs is 1. The van der Waals surface area contributed by atoms with Gasteiger partial charge in [0.2, 0.25) is 11.6 Å². The maximum atomic E-state index is 12.9. The van der Waals surface area contributed by atoms with Crippen molar-refractivity contribution in [3.63, 3.8) is 0 Å². The van der Waals surface area contributed by atoms with Gasteiger partial charge in [0.25, 0.3) is 0 Å². The summed E-state index contributed by atoms with van der Waals surface area (Å²) in [6, 6.07) is 3.53. The standard InChI is InChI=1S/C10H3Br2FO2/c11-7-8(12)10(15)6-3-4(13)1-2-5(6)9(7)14/h1-3H. The van der Waals surface area contributed by atoms with Crippen LogP contribution in [-0.2, 0) is 0 Å². The molecule has 15 heavy (non-hydrogen) atoms. The van der Waals surface area contributed by atoms with Crippen LogP contribution in [0.25, 0.3) is 0 Å². The van der Waals surface area contributed by atoms with Crippen molar-refractivity contribution < 1.29 is 14.0 Å². The Morgan fingerprint density at radius 3 is 2.07 bits per heavy atom. The average Bonchev–Trinajstić information content (AvgIpc) is 2.23. The number of carbonyl (C=O) groups excluding carboxylic acids is 2. The van der Waals surface area contributed by atoms with E-state index in [1.807, 2.05) is 0 Å². The van der Waals surface area contributed by atoms with E-state index in [2.05, 4.69) is 31.9 Å². The molecule has 0 radical (unpaired) electrons. The minimum atomic E-state index is -0.534. The molecule has 0 amide bonds. The van der Waals surface area contributed by atoms with E-state index >= 15 is 0 Å². The highest BCUT2D eigenvalue weighted by molar-refractivity contribution is 9.14. The first-order valence-corrected chi connectivity index (χ1v) is 5.55. The van der Waals surface area contributed by atoms with Crippen molar-refractivity contribution in [2.75, 3.05) is 0 Å². The second-order valence-corrected chi connectivity index (χ2v) is 4.56. The number of halogens is 3. The van der Waals surface area contributed by atoms with Gasteiger partial charge in [-0.15, -0.1) is 0 Å². The Morgan fingerprint density at radius 1 is 0.933 bits per heavy atom. The van der Waals surface area contributed by atoms with E-state index in [0.717, 1.165) is 12.1 Å². The van der Waals surface area contributed by atoms with Crippen LogP contribution in [0.4, 0.5) is 4.39 Å². The lowest BCUT2D eigenvalue weighted by atomic mass is 9.95. The molecule has 0 saturated heterocycles. The van der Waals surface area contributed by atoms with Crippen molar-refractivity contribution in [3.8, 4) is 0 Å². The Morgan fingerprint density at radius 2 is 1.47 bits per heavy atom. The Bertz CT molecular complexity index is 520. The van der Waals surface area contributed by atoms with Gasteiger partial charge in [0, 0.05) is 11.1 Å². The largest absolute Gasteiger partial charge is 0.288 e. The molecular weight excluding hydrogens is 331 g/mol. The van der Waals surface area contributed by atoms with E-state index < -0.39 is 11.6 Å². The Balaban J connectivity index is 2.73. The summed E-state index contributed by atoms with van der Waals surface area (Å²) in [4.78, 5) is 23.3. The third-order valence-electron chi connectivity index (χ3n) is 2.06. The molecule has 1 aromatic carbocycles. The van der Waals surface area contributed by atoms with Gasteiger partial charge in [0.15, 0.2) is 0 Å². The summed E-state index contributed by atoms with van der Waals surface area (Å²) >= 11 is 6.01. The van der Waals surface area contributed by atoms with Crippen molar-refractivity contribution in [3.05, 3.63) is 44.1 Å². The van der Waals surface area contributed by atoms with Gasteiger partial charge in [0.1, 0.15) is 5.82 Å². The molecule has 1 aliphatic rings. The van der Waals surface area contributed by atoms with E-state index in [1.165, 1.54) is 6.07 Å². The van der Waals surface area contributed by atoms with E-state index in [-0.39, 0.29) is 25.9 Å². The van der Waals surface area contributed by atoms with Crippen LogP contribution < -0.4 is 0 Å². The van der Waals surface area contributed by atoms with Crippen LogP contribution in [0.2, 0.25) is 0 Å². The summed E-state index contributed by atoms with van der Waals surface area (Å²) in [5.41, 5.74) is 0.312. The molecular formula is C10H3Br2FO2. The predicted molar refractivity (Wildman–Crippen MR) is 59.9 cm³/mol. The molecule has 0 atom stereocenters. The third kappa shape index (κ3) is 1.59. The summed E-state index contributed by atoms with van der Waals surface area (Å²) in [6.07, 6.45) is 0. The summed E-state index contributed by atoms with van der Waals surface area (Å²) in [6.45, 7) is 0. The zero-order valence-corrected chi connectivity index (χ0v) is 10.4. The number of carbonyl (C=O) groups is 2. The molecule has 0 unspecified atom stereocenters. The van der Waals surface area contributed by atoms with E-state index in [0.29, 0.717) is 0 Å². The Labute approximate surface area is 101 Å². The number of benzene rings is 1. The van der Waals surface area contributed by atoms with E-state index in [1.54, 1.807) is 0 Å². The maximum absolute atomic E-state index is 12.9. The fourth-order valence-electron chi connectivity index (χ4n) is 1.34. The lowest BCUT2D eigenvalue weighted by Crippen LogP contribution is -2.17. The van der Waals surface area contributed by atoms with Crippen molar-refractivity contribution >= 4 is 43.4 Å². The summed E-state index contributed by atoms with van der Waals surface area (Å²) < 4.78 is 13.2. The highest BCUT2D eigenvalue weighted by Gasteiger charge is 2.29. The topological polar surface area (TPSA) is 34.1 Å². The van der Waals surface area contributed by atoms with Gasteiger partial charge in [-0.2, -0.15) is 0 Å². The lowest BCUT2D eigenvalue weighted by molar-refractivity contribution is 0.0989. The van der Waals surface area contributed by atoms with Crippen molar-refractivity contribution in [2.24, 2.45) is 0 Å². The highest BCUT2D eigenvalue weighted by Crippen LogP contribution is 2.32. The number of ketones is 2. The number of hydrogen-bond donors (Lipinski definition) is 0. The maximum Gasteiger partial charge on any atom is 0.202 e. The third-order valence-corrected chi connectivity index (χ3v) is 4.11. The fourth-order valence-corrected chi connectivity index (χ4v) is 2.13. The van der Waals surface area contributed by atoms with Gasteiger partial charge in [-0.1, -0.05) is 0 Å². The van der Waals surface area contributed by atoms with Gasteiger partial charge < -0.3 is 0 Å². The fraction of sp³-hybridized carbons (Fsp3) is 0. The van der Waals surface area contributed by atoms with Gasteiger partial charge in [-0.05, 0) is 50.1 Å². The normalized spacial score (nSPS) is 15.7. The number of rotatable bonds is 0. The number of hydrogen-bond acceptors (Lipinski definition) is 2. The van der Waals surface area contributed by atoms with Gasteiger partial charge in [-0.25, -0.2) is 4.39 Å². The molecule has 1 aliphatic carbocycles. The summed E-state index contributed by atoms with van der Waals surface area (Å²) in [5, 5.41) is 0. The molecule has 1 aromatic rings. The van der Waals surface area contributed by atoms with Crippen LogP contribution in [-0.4, -0.2) is 11.6 Å². The molecule has 76 valence electrons. The molecule has 0 fully saturated rings. The summed E-state index contributed by atoms with van der Waals surface area (Å²) in [7, 11) is 0. The molecule has 0 saturated carbocycles. The van der Waals surface area contributed by atoms with Crippen LogP contribution in [0.15, 0.2) is 27.2 Å². The molecule has 2 nitrogen and oxygen atoms in total. The molecule has 0 aromatic heterocycles. The predicted octanol–water partition coefficient (Wildman–Crippen LogP) is 3.21. The smallest absolute Gasteiger partial charge is 0.202 e. The Kier molecular flexibility index (Phi) is 2.60. The molecule has 0 N–H and O–H groups in total. The molecule has 0 spiro atoms. The highest BCUT2D eigenvalue weighted by atomic mass is 79.9. The van der Waals surface area contributed by atoms with Gasteiger partial charge >= 0.3 is 0 Å². The van der Waals surface area contributed by atoms with Crippen LogP contribution in [0.3, 0.4) is 0 Å².